The highest BCUT2D eigenvalue weighted by atomic mass is 35.5. The van der Waals surface area contributed by atoms with Crippen LogP contribution in [-0.4, -0.2) is 27.0 Å². The molecule has 0 aliphatic heterocycles. The molecule has 4 rings (SSSR count). The Morgan fingerprint density at radius 3 is 2.58 bits per heavy atom. The monoisotopic (exact) mass is 469 g/mol. The van der Waals surface area contributed by atoms with Crippen molar-refractivity contribution in [2.45, 2.75) is 12.1 Å². The zero-order valence-corrected chi connectivity index (χ0v) is 18.7. The van der Waals surface area contributed by atoms with Crippen LogP contribution in [-0.2, 0) is 4.79 Å². The molecule has 0 saturated heterocycles. The van der Waals surface area contributed by atoms with E-state index in [1.807, 2.05) is 5.38 Å². The van der Waals surface area contributed by atoms with Gasteiger partial charge in [0.15, 0.2) is 10.9 Å². The molecule has 0 atom stereocenters. The number of carbonyl (C=O) groups excluding carboxylic acids is 2. The Balaban J connectivity index is 1.60. The zero-order valence-electron chi connectivity index (χ0n) is 16.3. The number of amides is 1. The van der Waals surface area contributed by atoms with Crippen molar-refractivity contribution in [1.29, 1.82) is 0 Å². The summed E-state index contributed by atoms with van der Waals surface area (Å²) in [5, 5.41) is 5.39. The summed E-state index contributed by atoms with van der Waals surface area (Å²) in [6, 6.07) is 15.5. The minimum absolute atomic E-state index is 0.0409. The second kappa shape index (κ2) is 9.05. The van der Waals surface area contributed by atoms with Crippen LogP contribution in [0.3, 0.4) is 0 Å². The number of anilines is 1. The highest BCUT2D eigenvalue weighted by Crippen LogP contribution is 2.27. The van der Waals surface area contributed by atoms with Gasteiger partial charge in [-0.2, -0.15) is 0 Å². The number of benzene rings is 2. The number of nitrogens with one attached hydrogen (secondary N) is 1. The molecule has 9 heteroatoms. The van der Waals surface area contributed by atoms with Gasteiger partial charge in [0.1, 0.15) is 4.70 Å². The van der Waals surface area contributed by atoms with Crippen LogP contribution in [0.1, 0.15) is 17.3 Å². The maximum atomic E-state index is 13.1. The lowest BCUT2D eigenvalue weighted by molar-refractivity contribution is -0.113. The van der Waals surface area contributed by atoms with Gasteiger partial charge in [-0.05, 0) is 54.8 Å². The van der Waals surface area contributed by atoms with Crippen molar-refractivity contribution >= 4 is 62.3 Å². The number of carbonyl (C=O) groups is 2. The molecule has 0 spiro atoms. The Kier molecular flexibility index (Phi) is 6.22. The molecule has 0 unspecified atom stereocenters. The van der Waals surface area contributed by atoms with Crippen molar-refractivity contribution in [3.63, 3.8) is 0 Å². The molecule has 2 aromatic carbocycles. The maximum Gasteiger partial charge on any atom is 0.276 e. The normalized spacial score (nSPS) is 10.9. The smallest absolute Gasteiger partial charge is 0.276 e. The lowest BCUT2D eigenvalue weighted by Crippen LogP contribution is -2.22. The fourth-order valence-electron chi connectivity index (χ4n) is 2.95. The first-order chi connectivity index (χ1) is 14.9. The molecule has 6 nitrogen and oxygen atoms in total. The van der Waals surface area contributed by atoms with E-state index in [1.165, 1.54) is 22.8 Å². The molecular weight excluding hydrogens is 454 g/mol. The Labute approximate surface area is 190 Å². The molecule has 2 heterocycles. The van der Waals surface area contributed by atoms with Gasteiger partial charge in [0.25, 0.3) is 5.56 Å². The lowest BCUT2D eigenvalue weighted by Gasteiger charge is -2.13. The first-order valence-electron chi connectivity index (χ1n) is 9.23. The molecule has 0 aliphatic carbocycles. The largest absolute Gasteiger partial charge is 0.325 e. The van der Waals surface area contributed by atoms with Crippen LogP contribution in [0.25, 0.3) is 15.9 Å². The average Bonchev–Trinajstić information content (AvgIpc) is 3.23. The highest BCUT2D eigenvalue weighted by Gasteiger charge is 2.17. The Hall–Kier alpha value is -2.94. The predicted octanol–water partition coefficient (Wildman–Crippen LogP) is 5.03. The molecule has 2 aromatic heterocycles. The molecule has 0 radical (unpaired) electrons. The van der Waals surface area contributed by atoms with Crippen molar-refractivity contribution < 1.29 is 9.59 Å². The summed E-state index contributed by atoms with van der Waals surface area (Å²) in [5.74, 6) is -0.257. The molecule has 0 fully saturated rings. The van der Waals surface area contributed by atoms with Gasteiger partial charge in [-0.1, -0.05) is 35.5 Å². The third-order valence-corrected chi connectivity index (χ3v) is 6.60. The fraction of sp³-hybridized carbons (Fsp3) is 0.0909. The van der Waals surface area contributed by atoms with E-state index in [0.29, 0.717) is 37.3 Å². The van der Waals surface area contributed by atoms with Crippen LogP contribution >= 0.6 is 34.7 Å². The third kappa shape index (κ3) is 4.56. The number of hydrogen-bond donors (Lipinski definition) is 1. The van der Waals surface area contributed by atoms with Crippen LogP contribution in [0.4, 0.5) is 5.69 Å². The van der Waals surface area contributed by atoms with Crippen LogP contribution < -0.4 is 10.9 Å². The van der Waals surface area contributed by atoms with Crippen molar-refractivity contribution in [3.05, 3.63) is 80.9 Å². The van der Waals surface area contributed by atoms with Crippen LogP contribution in [0.2, 0.25) is 5.02 Å². The summed E-state index contributed by atoms with van der Waals surface area (Å²) in [5.41, 5.74) is 2.03. The third-order valence-electron chi connectivity index (χ3n) is 4.45. The van der Waals surface area contributed by atoms with Crippen molar-refractivity contribution in [2.24, 2.45) is 0 Å². The molecule has 0 bridgehead atoms. The van der Waals surface area contributed by atoms with Gasteiger partial charge in [0.05, 0.1) is 22.0 Å². The fourth-order valence-corrected chi connectivity index (χ4v) is 4.74. The SMILES string of the molecule is CC(=O)c1ccc(NC(=O)CSc2nc3ccsc3c(=O)n2-c2ccccc2Cl)cc1. The highest BCUT2D eigenvalue weighted by molar-refractivity contribution is 7.99. The number of halogens is 1. The molecule has 0 aliphatic rings. The summed E-state index contributed by atoms with van der Waals surface area (Å²) in [6.45, 7) is 1.49. The molecule has 31 heavy (non-hydrogen) atoms. The molecule has 1 N–H and O–H groups in total. The first-order valence-corrected chi connectivity index (χ1v) is 11.5. The van der Waals surface area contributed by atoms with Gasteiger partial charge in [0, 0.05) is 11.3 Å². The topological polar surface area (TPSA) is 81.1 Å². The molecular formula is C22H16ClN3O3S2. The van der Waals surface area contributed by atoms with E-state index in [0.717, 1.165) is 11.8 Å². The second-order valence-electron chi connectivity index (χ2n) is 6.59. The van der Waals surface area contributed by atoms with E-state index < -0.39 is 0 Å². The second-order valence-corrected chi connectivity index (χ2v) is 8.86. The quantitative estimate of drug-likeness (QED) is 0.243. The number of nitrogens with zero attached hydrogens (tertiary/aromatic N) is 2. The zero-order chi connectivity index (χ0) is 22.0. The van der Waals surface area contributed by atoms with E-state index in [2.05, 4.69) is 10.3 Å². The van der Waals surface area contributed by atoms with Gasteiger partial charge in [-0.25, -0.2) is 4.98 Å². The number of hydrogen-bond acceptors (Lipinski definition) is 6. The molecule has 1 amide bonds. The molecule has 0 saturated carbocycles. The summed E-state index contributed by atoms with van der Waals surface area (Å²) < 4.78 is 1.97. The molecule has 156 valence electrons. The number of para-hydroxylation sites is 1. The first kappa shape index (κ1) is 21.3. The Morgan fingerprint density at radius 2 is 1.87 bits per heavy atom. The van der Waals surface area contributed by atoms with Crippen molar-refractivity contribution in [3.8, 4) is 5.69 Å². The number of Topliss-reactive ketones (excluding diaryl/α,β-unsaturated/α-hetero) is 1. The van der Waals surface area contributed by atoms with E-state index in [4.69, 9.17) is 11.6 Å². The minimum atomic E-state index is -0.258. The van der Waals surface area contributed by atoms with Crippen LogP contribution in [0, 0.1) is 0 Å². The maximum absolute atomic E-state index is 13.1. The van der Waals surface area contributed by atoms with E-state index in [-0.39, 0.29) is 23.0 Å². The number of rotatable bonds is 6. The Bertz CT molecular complexity index is 1350. The van der Waals surface area contributed by atoms with E-state index in [1.54, 1.807) is 54.6 Å². The van der Waals surface area contributed by atoms with Gasteiger partial charge >= 0.3 is 0 Å². The van der Waals surface area contributed by atoms with E-state index >= 15 is 0 Å². The van der Waals surface area contributed by atoms with Gasteiger partial charge < -0.3 is 5.32 Å². The van der Waals surface area contributed by atoms with E-state index in [9.17, 15) is 14.4 Å². The summed E-state index contributed by atoms with van der Waals surface area (Å²) in [4.78, 5) is 41.6. The summed E-state index contributed by atoms with van der Waals surface area (Å²) in [6.07, 6.45) is 0. The van der Waals surface area contributed by atoms with Gasteiger partial charge in [-0.3, -0.25) is 19.0 Å². The Morgan fingerprint density at radius 1 is 1.13 bits per heavy atom. The molecule has 4 aromatic rings. The average molecular weight is 470 g/mol. The van der Waals surface area contributed by atoms with Crippen molar-refractivity contribution in [2.75, 3.05) is 11.1 Å². The van der Waals surface area contributed by atoms with Crippen LogP contribution in [0.5, 0.6) is 0 Å². The standard InChI is InChI=1S/C22H16ClN3O3S2/c1-13(27)14-6-8-15(9-7-14)24-19(28)12-31-22-25-17-10-11-30-20(17)21(29)26(22)18-5-3-2-4-16(18)23/h2-11H,12H2,1H3,(H,24,28). The summed E-state index contributed by atoms with van der Waals surface area (Å²) in [7, 11) is 0. The van der Waals surface area contributed by atoms with Gasteiger partial charge in [-0.15, -0.1) is 11.3 Å². The summed E-state index contributed by atoms with van der Waals surface area (Å²) >= 11 is 8.80. The lowest BCUT2D eigenvalue weighted by atomic mass is 10.1. The number of ketones is 1. The number of fused-ring (bicyclic) bond motifs is 1. The van der Waals surface area contributed by atoms with Gasteiger partial charge in [0.2, 0.25) is 5.91 Å². The minimum Gasteiger partial charge on any atom is -0.325 e. The number of thiophene rings is 1. The number of thioether (sulfide) groups is 1. The number of aromatic nitrogens is 2. The van der Waals surface area contributed by atoms with Crippen molar-refractivity contribution in [1.82, 2.24) is 9.55 Å². The van der Waals surface area contributed by atoms with Crippen LogP contribution in [0.15, 0.2) is 69.9 Å². The predicted molar refractivity (Wildman–Crippen MR) is 126 cm³/mol.